The molecule has 1 atom stereocenters. The Hall–Kier alpha value is -3.44. The highest BCUT2D eigenvalue weighted by Gasteiger charge is 2.36. The lowest BCUT2D eigenvalue weighted by Gasteiger charge is -2.28. The number of aliphatic hydroxyl groups is 1. The van der Waals surface area contributed by atoms with Crippen molar-refractivity contribution >= 4 is 16.6 Å². The predicted molar refractivity (Wildman–Crippen MR) is 112 cm³/mol. The smallest absolute Gasteiger partial charge is 0.306 e. The Balaban J connectivity index is 1.77. The van der Waals surface area contributed by atoms with E-state index in [1.807, 2.05) is 34.9 Å². The summed E-state index contributed by atoms with van der Waals surface area (Å²) in [6.45, 7) is 0.714. The minimum atomic E-state index is -0.0753. The lowest BCUT2D eigenvalue weighted by molar-refractivity contribution is -0.686. The van der Waals surface area contributed by atoms with Gasteiger partial charge in [-0.25, -0.2) is 4.57 Å². The van der Waals surface area contributed by atoms with E-state index >= 15 is 0 Å². The van der Waals surface area contributed by atoms with E-state index in [-0.39, 0.29) is 12.5 Å². The summed E-state index contributed by atoms with van der Waals surface area (Å²) in [7, 11) is 0. The van der Waals surface area contributed by atoms with Gasteiger partial charge in [0.1, 0.15) is 11.3 Å². The van der Waals surface area contributed by atoms with Crippen LogP contribution in [0.25, 0.3) is 10.8 Å². The van der Waals surface area contributed by atoms with Crippen LogP contribution >= 0.6 is 0 Å². The molecule has 0 saturated carbocycles. The molecule has 0 unspecified atom stereocenters. The van der Waals surface area contributed by atoms with Gasteiger partial charge in [0.15, 0.2) is 0 Å². The van der Waals surface area contributed by atoms with Crippen molar-refractivity contribution in [2.45, 2.75) is 18.9 Å². The zero-order chi connectivity index (χ0) is 19.8. The van der Waals surface area contributed by atoms with Crippen LogP contribution in [-0.4, -0.2) is 16.7 Å². The molecule has 1 aliphatic rings. The summed E-state index contributed by atoms with van der Waals surface area (Å²) in [6.07, 6.45) is 2.31. The second-order valence-corrected chi connectivity index (χ2v) is 7.27. The topological polar surface area (TPSA) is 72.2 Å². The van der Waals surface area contributed by atoms with Crippen LogP contribution in [0.3, 0.4) is 0 Å². The van der Waals surface area contributed by atoms with Gasteiger partial charge < -0.3 is 15.6 Å². The average molecular weight is 384 g/mol. The van der Waals surface area contributed by atoms with Crippen LogP contribution in [-0.2, 0) is 6.54 Å². The fourth-order valence-electron chi connectivity index (χ4n) is 4.14. The number of aryl methyl sites for hydroxylation is 1. The summed E-state index contributed by atoms with van der Waals surface area (Å²) in [5.41, 5.74) is 9.70. The number of anilines is 1. The molecular formula is C24H22N3O2+. The Morgan fingerprint density at radius 3 is 2.62 bits per heavy atom. The summed E-state index contributed by atoms with van der Waals surface area (Å²) in [4.78, 5) is 4.59. The molecule has 1 aliphatic heterocycles. The Morgan fingerprint density at radius 2 is 1.79 bits per heavy atom. The molecule has 1 aromatic heterocycles. The molecule has 2 heterocycles. The van der Waals surface area contributed by atoms with Crippen molar-refractivity contribution in [3.8, 4) is 11.6 Å². The van der Waals surface area contributed by atoms with Gasteiger partial charge in [0.2, 0.25) is 12.1 Å². The maximum atomic E-state index is 9.22. The van der Waals surface area contributed by atoms with Gasteiger partial charge in [0, 0.05) is 24.0 Å². The van der Waals surface area contributed by atoms with Gasteiger partial charge in [-0.15, -0.1) is 0 Å². The van der Waals surface area contributed by atoms with E-state index in [9.17, 15) is 5.11 Å². The maximum Gasteiger partial charge on any atom is 0.306 e. The Morgan fingerprint density at radius 1 is 1.00 bits per heavy atom. The lowest BCUT2D eigenvalue weighted by Crippen LogP contribution is -2.40. The summed E-state index contributed by atoms with van der Waals surface area (Å²) >= 11 is 0. The minimum Gasteiger partial charge on any atom is -0.425 e. The largest absolute Gasteiger partial charge is 0.425 e. The number of hydrogen-bond donors (Lipinski definition) is 2. The SMILES string of the molecule is Nc1c2c(nc[n+]1CCCO)Oc1c(ccc3ccccc13)[C@H]2c1ccccc1. The van der Waals surface area contributed by atoms with Crippen molar-refractivity contribution in [3.63, 3.8) is 0 Å². The summed E-state index contributed by atoms with van der Waals surface area (Å²) < 4.78 is 8.22. The molecule has 144 valence electrons. The van der Waals surface area contributed by atoms with Gasteiger partial charge >= 0.3 is 5.88 Å². The lowest BCUT2D eigenvalue weighted by atomic mass is 9.82. The van der Waals surface area contributed by atoms with Gasteiger partial charge in [0.05, 0.1) is 12.5 Å². The van der Waals surface area contributed by atoms with Gasteiger partial charge in [-0.3, -0.25) is 0 Å². The van der Waals surface area contributed by atoms with Crippen molar-refractivity contribution in [2.75, 3.05) is 12.3 Å². The normalized spacial score (nSPS) is 14.9. The first kappa shape index (κ1) is 17.6. The zero-order valence-electron chi connectivity index (χ0n) is 16.0. The number of aliphatic hydroxyl groups excluding tert-OH is 1. The highest BCUT2D eigenvalue weighted by Crippen LogP contribution is 2.50. The third-order valence-corrected chi connectivity index (χ3v) is 5.53. The summed E-state index contributed by atoms with van der Waals surface area (Å²) in [6, 6.07) is 22.8. The maximum absolute atomic E-state index is 9.22. The van der Waals surface area contributed by atoms with Crippen LogP contribution in [0, 0.1) is 0 Å². The molecule has 0 amide bonds. The van der Waals surface area contributed by atoms with Gasteiger partial charge in [0.25, 0.3) is 0 Å². The molecule has 29 heavy (non-hydrogen) atoms. The Kier molecular flexibility index (Phi) is 4.37. The molecule has 5 heteroatoms. The number of aromatic nitrogens is 2. The molecule has 4 aromatic rings. The molecule has 0 fully saturated rings. The number of ether oxygens (including phenoxy) is 1. The van der Waals surface area contributed by atoms with Crippen LogP contribution in [0.4, 0.5) is 5.82 Å². The molecule has 5 nitrogen and oxygen atoms in total. The molecule has 5 rings (SSSR count). The zero-order valence-corrected chi connectivity index (χ0v) is 16.0. The van der Waals surface area contributed by atoms with E-state index in [1.54, 1.807) is 6.33 Å². The monoisotopic (exact) mass is 384 g/mol. The standard InChI is InChI=1S/C24H21N3O2/c25-23-21-20(17-8-2-1-3-9-17)19-12-11-16-7-4-5-10-18(16)22(19)29-24(21)26-15-27(23)13-6-14-28/h1-5,7-12,15,20,25,28H,6,13-14H2/p+1/t20-/m1/s1. The molecule has 0 spiro atoms. The van der Waals surface area contributed by atoms with E-state index in [0.717, 1.165) is 33.2 Å². The third-order valence-electron chi connectivity index (χ3n) is 5.53. The van der Waals surface area contributed by atoms with Crippen molar-refractivity contribution in [2.24, 2.45) is 0 Å². The fourth-order valence-corrected chi connectivity index (χ4v) is 4.14. The number of benzene rings is 3. The average Bonchev–Trinajstić information content (AvgIpc) is 2.78. The molecule has 3 aromatic carbocycles. The molecule has 3 N–H and O–H groups in total. The van der Waals surface area contributed by atoms with Gasteiger partial charge in [-0.1, -0.05) is 71.7 Å². The molecular weight excluding hydrogens is 362 g/mol. The van der Waals surface area contributed by atoms with Gasteiger partial charge in [-0.2, -0.15) is 0 Å². The van der Waals surface area contributed by atoms with Crippen LogP contribution in [0.1, 0.15) is 29.0 Å². The number of nitrogens with two attached hydrogens (primary N) is 1. The predicted octanol–water partition coefficient (Wildman–Crippen LogP) is 3.77. The Labute approximate surface area is 169 Å². The van der Waals surface area contributed by atoms with Crippen LogP contribution < -0.4 is 15.0 Å². The van der Waals surface area contributed by atoms with E-state index in [0.29, 0.717) is 24.7 Å². The van der Waals surface area contributed by atoms with Crippen LogP contribution in [0.5, 0.6) is 11.6 Å². The summed E-state index contributed by atoms with van der Waals surface area (Å²) in [5, 5.41) is 11.4. The number of nitrogens with zero attached hydrogens (tertiary/aromatic N) is 2. The quantitative estimate of drug-likeness (QED) is 0.463. The van der Waals surface area contributed by atoms with Crippen LogP contribution in [0.15, 0.2) is 73.1 Å². The highest BCUT2D eigenvalue weighted by molar-refractivity contribution is 5.91. The number of nitrogen functional groups attached to an aromatic ring is 1. The number of fused-ring (bicyclic) bond motifs is 4. The van der Waals surface area contributed by atoms with E-state index in [1.165, 1.54) is 0 Å². The first-order valence-corrected chi connectivity index (χ1v) is 9.81. The van der Waals surface area contributed by atoms with E-state index in [2.05, 4.69) is 41.4 Å². The van der Waals surface area contributed by atoms with Crippen molar-refractivity contribution in [3.05, 3.63) is 89.7 Å². The van der Waals surface area contributed by atoms with Crippen molar-refractivity contribution < 1.29 is 14.4 Å². The Bertz CT molecular complexity index is 1190. The third kappa shape index (κ3) is 2.91. The molecule has 0 aliphatic carbocycles. The fraction of sp³-hybridized carbons (Fsp3) is 0.167. The second kappa shape index (κ2) is 7.18. The van der Waals surface area contributed by atoms with Crippen LogP contribution in [0.2, 0.25) is 0 Å². The first-order valence-electron chi connectivity index (χ1n) is 9.81. The molecule has 0 saturated heterocycles. The molecule has 0 radical (unpaired) electrons. The first-order chi connectivity index (χ1) is 14.3. The number of hydrogen-bond acceptors (Lipinski definition) is 4. The van der Waals surface area contributed by atoms with E-state index in [4.69, 9.17) is 10.5 Å². The van der Waals surface area contributed by atoms with Crippen molar-refractivity contribution in [1.29, 1.82) is 0 Å². The number of rotatable bonds is 4. The van der Waals surface area contributed by atoms with Crippen molar-refractivity contribution in [1.82, 2.24) is 4.98 Å². The second-order valence-electron chi connectivity index (χ2n) is 7.27. The highest BCUT2D eigenvalue weighted by atomic mass is 16.5. The minimum absolute atomic E-state index is 0.0753. The van der Waals surface area contributed by atoms with E-state index < -0.39 is 0 Å². The summed E-state index contributed by atoms with van der Waals surface area (Å²) in [5.74, 6) is 1.93. The van der Waals surface area contributed by atoms with Gasteiger partial charge in [-0.05, 0) is 10.9 Å². The molecule has 0 bridgehead atoms.